The molecule has 2 heterocycles. The molecule has 0 unspecified atom stereocenters. The van der Waals surface area contributed by atoms with Crippen molar-refractivity contribution in [1.29, 1.82) is 0 Å². The molecule has 0 fully saturated rings. The second-order valence-electron chi connectivity index (χ2n) is 3.77. The number of hydrogen-bond acceptors (Lipinski definition) is 6. The largest absolute Gasteiger partial charge is 0.542 e. The summed E-state index contributed by atoms with van der Waals surface area (Å²) in [4.78, 5) is 15.1. The third-order valence-electron chi connectivity index (χ3n) is 2.63. The quantitative estimate of drug-likeness (QED) is 0.718. The number of aromatic nitrogens is 3. The van der Waals surface area contributed by atoms with Gasteiger partial charge in [-0.1, -0.05) is 30.0 Å². The minimum atomic E-state index is -1.32. The van der Waals surface area contributed by atoms with E-state index in [-0.39, 0.29) is 5.76 Å². The van der Waals surface area contributed by atoms with Crippen LogP contribution in [0.4, 0.5) is 0 Å². The molecule has 0 amide bonds. The molecule has 19 heavy (non-hydrogen) atoms. The molecule has 0 aliphatic carbocycles. The van der Waals surface area contributed by atoms with Gasteiger partial charge >= 0.3 is 0 Å². The van der Waals surface area contributed by atoms with Crippen LogP contribution in [0.5, 0.6) is 0 Å². The monoisotopic (exact) mass is 274 g/mol. The van der Waals surface area contributed by atoms with Gasteiger partial charge in [-0.15, -0.1) is 0 Å². The Hall–Kier alpha value is -2.28. The summed E-state index contributed by atoms with van der Waals surface area (Å²) < 4.78 is 5.31. The topological polar surface area (TPSA) is 94.8 Å². The van der Waals surface area contributed by atoms with Gasteiger partial charge in [0, 0.05) is 16.7 Å². The first-order chi connectivity index (χ1) is 9.25. The van der Waals surface area contributed by atoms with E-state index in [1.807, 2.05) is 12.1 Å². The predicted molar refractivity (Wildman–Crippen MR) is 66.5 cm³/mol. The van der Waals surface area contributed by atoms with E-state index < -0.39 is 5.97 Å². The molecule has 0 aliphatic heterocycles. The Kier molecular flexibility index (Phi) is 2.96. The van der Waals surface area contributed by atoms with Gasteiger partial charge in [-0.05, 0) is 6.07 Å². The van der Waals surface area contributed by atoms with Crippen molar-refractivity contribution in [3.8, 4) is 0 Å². The summed E-state index contributed by atoms with van der Waals surface area (Å²) in [5.41, 5.74) is 1.13. The fraction of sp³-hybridized carbons (Fsp3) is 0.0833. The molecule has 1 aromatic carbocycles. The van der Waals surface area contributed by atoms with E-state index in [2.05, 4.69) is 15.2 Å². The number of hydrogen-bond donors (Lipinski definition) is 1. The number of H-pyrrole nitrogens is 1. The summed E-state index contributed by atoms with van der Waals surface area (Å²) in [6, 6.07) is 7.17. The normalized spacial score (nSPS) is 10.9. The Balaban J connectivity index is 2.00. The molecule has 0 spiro atoms. The average Bonchev–Trinajstić information content (AvgIpc) is 3.03. The molecule has 0 atom stereocenters. The highest BCUT2D eigenvalue weighted by Crippen LogP contribution is 2.30. The van der Waals surface area contributed by atoms with Gasteiger partial charge in [-0.3, -0.25) is 5.10 Å². The number of nitrogens with one attached hydrogen (secondary N) is 1. The van der Waals surface area contributed by atoms with Gasteiger partial charge < -0.3 is 14.3 Å². The molecule has 0 radical (unpaired) electrons. The molecule has 0 bridgehead atoms. The van der Waals surface area contributed by atoms with Gasteiger partial charge in [-0.2, -0.15) is 5.10 Å². The van der Waals surface area contributed by atoms with E-state index in [4.69, 9.17) is 4.42 Å². The van der Waals surface area contributed by atoms with Crippen molar-refractivity contribution in [3.05, 3.63) is 41.9 Å². The number of para-hydroxylation sites is 1. The average molecular weight is 274 g/mol. The highest BCUT2D eigenvalue weighted by atomic mass is 32.2. The molecular weight excluding hydrogens is 266 g/mol. The third kappa shape index (κ3) is 2.19. The van der Waals surface area contributed by atoms with Crippen LogP contribution in [0.3, 0.4) is 0 Å². The van der Waals surface area contributed by atoms with Gasteiger partial charge in [0.25, 0.3) is 0 Å². The summed E-state index contributed by atoms with van der Waals surface area (Å²) in [6.07, 6.45) is 1.40. The highest BCUT2D eigenvalue weighted by Gasteiger charge is 2.15. The lowest BCUT2D eigenvalue weighted by Gasteiger charge is -2.02. The molecule has 96 valence electrons. The lowest BCUT2D eigenvalue weighted by molar-refractivity contribution is -0.257. The van der Waals surface area contributed by atoms with E-state index in [0.717, 1.165) is 5.39 Å². The molecule has 7 heteroatoms. The minimum Gasteiger partial charge on any atom is -0.542 e. The first-order valence-electron chi connectivity index (χ1n) is 5.45. The maximum atomic E-state index is 11.1. The summed E-state index contributed by atoms with van der Waals surface area (Å²) in [5, 5.41) is 18.9. The van der Waals surface area contributed by atoms with Crippen molar-refractivity contribution < 1.29 is 14.3 Å². The number of carboxylic acids is 1. The minimum absolute atomic E-state index is 0.131. The van der Waals surface area contributed by atoms with Crippen LogP contribution >= 0.6 is 11.8 Å². The van der Waals surface area contributed by atoms with E-state index >= 15 is 0 Å². The van der Waals surface area contributed by atoms with Crippen molar-refractivity contribution in [2.75, 3.05) is 0 Å². The fourth-order valence-corrected chi connectivity index (χ4v) is 2.62. The van der Waals surface area contributed by atoms with E-state index in [1.54, 1.807) is 12.1 Å². The lowest BCUT2D eigenvalue weighted by Crippen LogP contribution is -2.22. The zero-order valence-corrected chi connectivity index (χ0v) is 10.4. The van der Waals surface area contributed by atoms with Gasteiger partial charge in [0.1, 0.15) is 17.9 Å². The zero-order chi connectivity index (χ0) is 13.2. The highest BCUT2D eigenvalue weighted by molar-refractivity contribution is 7.98. The molecule has 6 nitrogen and oxygen atoms in total. The maximum Gasteiger partial charge on any atom is 0.183 e. The summed E-state index contributed by atoms with van der Waals surface area (Å²) in [6.45, 7) is 0. The Bertz CT molecular complexity index is 721. The Morgan fingerprint density at radius 3 is 3.00 bits per heavy atom. The molecule has 0 saturated heterocycles. The third-order valence-corrected chi connectivity index (χ3v) is 3.53. The molecule has 1 N–H and O–H groups in total. The Labute approximate surface area is 111 Å². The number of aromatic amines is 1. The van der Waals surface area contributed by atoms with Crippen molar-refractivity contribution in [1.82, 2.24) is 15.2 Å². The Morgan fingerprint density at radius 1 is 1.42 bits per heavy atom. The van der Waals surface area contributed by atoms with Gasteiger partial charge in [0.2, 0.25) is 0 Å². The van der Waals surface area contributed by atoms with Crippen LogP contribution < -0.4 is 5.11 Å². The van der Waals surface area contributed by atoms with Crippen molar-refractivity contribution in [2.24, 2.45) is 0 Å². The maximum absolute atomic E-state index is 11.1. The predicted octanol–water partition coefficient (Wildman–Crippen LogP) is 1.21. The van der Waals surface area contributed by atoms with Crippen LogP contribution in [0.2, 0.25) is 0 Å². The number of carbonyl (C=O) groups excluding carboxylic acids is 1. The molecular formula is C12H8N3O3S-. The van der Waals surface area contributed by atoms with E-state index in [1.165, 1.54) is 18.1 Å². The zero-order valence-electron chi connectivity index (χ0n) is 9.62. The number of nitrogens with zero attached hydrogens (tertiary/aromatic N) is 2. The molecule has 0 aliphatic rings. The molecule has 3 aromatic rings. The lowest BCUT2D eigenvalue weighted by atomic mass is 10.1. The van der Waals surface area contributed by atoms with Crippen molar-refractivity contribution >= 4 is 28.7 Å². The van der Waals surface area contributed by atoms with Gasteiger partial charge in [0.05, 0.1) is 0 Å². The van der Waals surface area contributed by atoms with Crippen LogP contribution in [0, 0.1) is 0 Å². The first kappa shape index (κ1) is 11.8. The van der Waals surface area contributed by atoms with Crippen LogP contribution in [0.25, 0.3) is 11.0 Å². The van der Waals surface area contributed by atoms with Gasteiger partial charge in [0.15, 0.2) is 10.9 Å². The number of benzene rings is 1. The summed E-state index contributed by atoms with van der Waals surface area (Å²) >= 11 is 1.35. The van der Waals surface area contributed by atoms with Crippen LogP contribution in [0.1, 0.15) is 16.1 Å². The number of rotatable bonds is 4. The fourth-order valence-electron chi connectivity index (χ4n) is 1.81. The molecule has 0 saturated carbocycles. The molecule has 3 rings (SSSR count). The van der Waals surface area contributed by atoms with Crippen molar-refractivity contribution in [2.45, 2.75) is 10.9 Å². The SMILES string of the molecule is O=C([O-])c1oc2ccccc2c1CSc1ncn[nH]1. The number of furan rings is 1. The first-order valence-corrected chi connectivity index (χ1v) is 6.44. The molecule has 2 aromatic heterocycles. The van der Waals surface area contributed by atoms with Crippen LogP contribution in [-0.4, -0.2) is 21.2 Å². The number of thioether (sulfide) groups is 1. The second-order valence-corrected chi connectivity index (χ2v) is 4.74. The second kappa shape index (κ2) is 4.77. The smallest absolute Gasteiger partial charge is 0.183 e. The number of fused-ring (bicyclic) bond motifs is 1. The van der Waals surface area contributed by atoms with Gasteiger partial charge in [-0.25, -0.2) is 4.98 Å². The number of aromatic carboxylic acids is 1. The number of carboxylic acid groups (broad SMARTS) is 1. The number of carbonyl (C=O) groups is 1. The Morgan fingerprint density at radius 2 is 2.26 bits per heavy atom. The van der Waals surface area contributed by atoms with Crippen molar-refractivity contribution in [3.63, 3.8) is 0 Å². The van der Waals surface area contributed by atoms with E-state index in [0.29, 0.717) is 22.1 Å². The van der Waals surface area contributed by atoms with E-state index in [9.17, 15) is 9.90 Å². The summed E-state index contributed by atoms with van der Waals surface area (Å²) in [5.74, 6) is -1.03. The summed E-state index contributed by atoms with van der Waals surface area (Å²) in [7, 11) is 0. The van der Waals surface area contributed by atoms with Crippen LogP contribution in [0.15, 0.2) is 40.2 Å². The standard InChI is InChI=1S/C12H9N3O3S/c16-11(17)10-8(5-19-12-13-6-14-15-12)7-3-1-2-4-9(7)18-10/h1-4,6H,5H2,(H,16,17)(H,13,14,15)/p-1. The van der Waals surface area contributed by atoms with Crippen LogP contribution in [-0.2, 0) is 5.75 Å².